The maximum absolute atomic E-state index is 7.48. The van der Waals surface area contributed by atoms with Crippen molar-refractivity contribution in [2.24, 2.45) is 0 Å². The lowest BCUT2D eigenvalue weighted by atomic mass is 10.2. The Kier molecular flexibility index (Phi) is 2.70. The molecule has 1 N–H and O–H groups in total. The second-order valence-electron chi connectivity index (χ2n) is 2.96. The van der Waals surface area contributed by atoms with Gasteiger partial charge in [-0.1, -0.05) is 18.2 Å². The molecule has 0 amide bonds. The van der Waals surface area contributed by atoms with Crippen LogP contribution < -0.4 is 5.49 Å². The summed E-state index contributed by atoms with van der Waals surface area (Å²) < 4.78 is 0. The van der Waals surface area contributed by atoms with Gasteiger partial charge >= 0.3 is 0 Å². The molecule has 0 aromatic carbocycles. The van der Waals surface area contributed by atoms with Crippen molar-refractivity contribution in [3.05, 3.63) is 57.8 Å². The van der Waals surface area contributed by atoms with Crippen LogP contribution >= 0.6 is 11.3 Å². The van der Waals surface area contributed by atoms with Crippen LogP contribution in [0, 0.1) is 5.41 Å². The van der Waals surface area contributed by atoms with E-state index in [1.54, 1.807) is 17.4 Å². The van der Waals surface area contributed by atoms with Gasteiger partial charge in [0.05, 0.1) is 0 Å². The second kappa shape index (κ2) is 4.15. The molecule has 0 spiro atoms. The molecule has 0 radical (unpaired) electrons. The molecule has 2 aromatic heterocycles. The highest BCUT2D eigenvalue weighted by Gasteiger charge is 1.96. The third kappa shape index (κ3) is 2.26. The zero-order valence-corrected chi connectivity index (χ0v) is 8.42. The molecule has 2 heterocycles. The van der Waals surface area contributed by atoms with Crippen molar-refractivity contribution in [3.63, 3.8) is 0 Å². The monoisotopic (exact) mass is 202 g/mol. The Balaban J connectivity index is 2.31. The van der Waals surface area contributed by atoms with E-state index in [1.165, 1.54) is 4.88 Å². The molecule has 2 aromatic rings. The summed E-state index contributed by atoms with van der Waals surface area (Å²) in [5.74, 6) is 0. The normalized spacial score (nSPS) is 10.0. The van der Waals surface area contributed by atoms with Crippen molar-refractivity contribution in [1.82, 2.24) is 4.98 Å². The minimum Gasteiger partial charge on any atom is -0.283 e. The van der Waals surface area contributed by atoms with E-state index in [4.69, 9.17) is 5.41 Å². The molecular weight excluding hydrogens is 192 g/mol. The first-order valence-electron chi connectivity index (χ1n) is 4.38. The quantitative estimate of drug-likeness (QED) is 0.796. The van der Waals surface area contributed by atoms with Crippen LogP contribution in [0.1, 0.15) is 10.6 Å². The number of aromatic nitrogens is 1. The Hall–Kier alpha value is -1.48. The molecule has 0 unspecified atom stereocenters. The fraction of sp³-hybridized carbons (Fsp3) is 0.0909. The van der Waals surface area contributed by atoms with Gasteiger partial charge in [0.2, 0.25) is 0 Å². The van der Waals surface area contributed by atoms with Crippen molar-refractivity contribution in [2.75, 3.05) is 0 Å². The van der Waals surface area contributed by atoms with Gasteiger partial charge in [-0.2, -0.15) is 0 Å². The molecule has 0 saturated heterocycles. The van der Waals surface area contributed by atoms with Gasteiger partial charge in [-0.3, -0.25) is 5.41 Å². The minimum absolute atomic E-state index is 0.321. The molecule has 0 aliphatic rings. The second-order valence-corrected chi connectivity index (χ2v) is 4.00. The van der Waals surface area contributed by atoms with Crippen LogP contribution in [0.3, 0.4) is 0 Å². The summed E-state index contributed by atoms with van der Waals surface area (Å²) in [5, 5.41) is 9.53. The van der Waals surface area contributed by atoms with Crippen molar-refractivity contribution >= 4 is 11.3 Å². The first-order chi connectivity index (χ1) is 6.84. The fourth-order valence-corrected chi connectivity index (χ4v) is 1.95. The average Bonchev–Trinajstić information content (AvgIpc) is 2.56. The van der Waals surface area contributed by atoms with E-state index in [0.29, 0.717) is 5.49 Å². The number of nitrogens with zero attached hydrogens (tertiary/aromatic N) is 1. The first kappa shape index (κ1) is 9.09. The van der Waals surface area contributed by atoms with Crippen LogP contribution in [-0.4, -0.2) is 4.98 Å². The van der Waals surface area contributed by atoms with E-state index in [2.05, 4.69) is 16.4 Å². The molecule has 0 fully saturated rings. The van der Waals surface area contributed by atoms with Gasteiger partial charge in [0.25, 0.3) is 0 Å². The highest BCUT2D eigenvalue weighted by atomic mass is 32.1. The van der Waals surface area contributed by atoms with Gasteiger partial charge < -0.3 is 0 Å². The van der Waals surface area contributed by atoms with Gasteiger partial charge in [0.15, 0.2) is 0 Å². The molecule has 0 atom stereocenters. The van der Waals surface area contributed by atoms with E-state index in [9.17, 15) is 0 Å². The van der Waals surface area contributed by atoms with Crippen molar-refractivity contribution in [3.8, 4) is 0 Å². The number of nitrogens with one attached hydrogen (secondary N) is 1. The fourth-order valence-electron chi connectivity index (χ4n) is 1.23. The molecule has 70 valence electrons. The predicted molar refractivity (Wildman–Crippen MR) is 57.2 cm³/mol. The zero-order chi connectivity index (χ0) is 9.80. The summed E-state index contributed by atoms with van der Waals surface area (Å²) in [6, 6.07) is 11.5. The molecule has 0 aliphatic heterocycles. The standard InChI is InChI=1S/C11H10N2S/c12-11-6-2-1-4-9(13-11)8-10-5-3-7-14-10/h1-7,12H,8H2. The van der Waals surface area contributed by atoms with Crippen LogP contribution in [0.5, 0.6) is 0 Å². The molecule has 14 heavy (non-hydrogen) atoms. The first-order valence-corrected chi connectivity index (χ1v) is 5.26. The third-order valence-electron chi connectivity index (χ3n) is 1.85. The lowest BCUT2D eigenvalue weighted by molar-refractivity contribution is 1.02. The molecule has 2 nitrogen and oxygen atoms in total. The van der Waals surface area contributed by atoms with E-state index in [-0.39, 0.29) is 0 Å². The van der Waals surface area contributed by atoms with E-state index >= 15 is 0 Å². The average molecular weight is 202 g/mol. The molecule has 0 bridgehead atoms. The lowest BCUT2D eigenvalue weighted by Crippen LogP contribution is -2.02. The summed E-state index contributed by atoms with van der Waals surface area (Å²) in [4.78, 5) is 5.46. The predicted octanol–water partition coefficient (Wildman–Crippen LogP) is 2.21. The van der Waals surface area contributed by atoms with Gasteiger partial charge in [-0.25, -0.2) is 4.98 Å². The summed E-state index contributed by atoms with van der Waals surface area (Å²) >= 11 is 1.72. The van der Waals surface area contributed by atoms with Crippen LogP contribution in [0.2, 0.25) is 0 Å². The summed E-state index contributed by atoms with van der Waals surface area (Å²) in [6.45, 7) is 0. The SMILES string of the molecule is N=c1ccccc(Cc2cccs2)n1. The van der Waals surface area contributed by atoms with Gasteiger partial charge in [0, 0.05) is 17.0 Å². The Labute approximate surface area is 86.4 Å². The van der Waals surface area contributed by atoms with E-state index < -0.39 is 0 Å². The minimum atomic E-state index is 0.321. The molecule has 0 aliphatic carbocycles. The Morgan fingerprint density at radius 2 is 2.00 bits per heavy atom. The maximum Gasteiger partial charge on any atom is 0.144 e. The molecule has 2 rings (SSSR count). The van der Waals surface area contributed by atoms with Crippen LogP contribution in [-0.2, 0) is 6.42 Å². The van der Waals surface area contributed by atoms with E-state index in [0.717, 1.165) is 12.1 Å². The largest absolute Gasteiger partial charge is 0.283 e. The Morgan fingerprint density at radius 3 is 2.79 bits per heavy atom. The van der Waals surface area contributed by atoms with Gasteiger partial charge in [-0.15, -0.1) is 11.3 Å². The van der Waals surface area contributed by atoms with Crippen molar-refractivity contribution in [1.29, 1.82) is 5.41 Å². The number of hydrogen-bond donors (Lipinski definition) is 1. The number of rotatable bonds is 2. The lowest BCUT2D eigenvalue weighted by Gasteiger charge is -1.92. The van der Waals surface area contributed by atoms with Crippen LogP contribution in [0.4, 0.5) is 0 Å². The van der Waals surface area contributed by atoms with Gasteiger partial charge in [-0.05, 0) is 23.6 Å². The highest BCUT2D eigenvalue weighted by molar-refractivity contribution is 7.09. The summed E-state index contributed by atoms with van der Waals surface area (Å²) in [7, 11) is 0. The molecule has 0 saturated carbocycles. The van der Waals surface area contributed by atoms with Gasteiger partial charge in [0.1, 0.15) is 5.49 Å². The molecular formula is C11H10N2S. The smallest absolute Gasteiger partial charge is 0.144 e. The van der Waals surface area contributed by atoms with Crippen LogP contribution in [0.25, 0.3) is 0 Å². The van der Waals surface area contributed by atoms with Crippen molar-refractivity contribution < 1.29 is 0 Å². The van der Waals surface area contributed by atoms with Crippen molar-refractivity contribution in [2.45, 2.75) is 6.42 Å². The third-order valence-corrected chi connectivity index (χ3v) is 2.73. The summed E-state index contributed by atoms with van der Waals surface area (Å²) in [6.07, 6.45) is 0.818. The zero-order valence-electron chi connectivity index (χ0n) is 7.60. The summed E-state index contributed by atoms with van der Waals surface area (Å²) in [5.41, 5.74) is 1.27. The number of thiophene rings is 1. The Bertz CT molecular complexity index is 463. The maximum atomic E-state index is 7.48. The Morgan fingerprint density at radius 1 is 1.14 bits per heavy atom. The topological polar surface area (TPSA) is 36.7 Å². The van der Waals surface area contributed by atoms with Crippen LogP contribution in [0.15, 0.2) is 41.8 Å². The van der Waals surface area contributed by atoms with E-state index in [1.807, 2.05) is 24.3 Å². The highest BCUT2D eigenvalue weighted by Crippen LogP contribution is 2.11. The molecule has 3 heteroatoms. The number of hydrogen-bond acceptors (Lipinski definition) is 3.